The zero-order valence-corrected chi connectivity index (χ0v) is 15.8. The van der Waals surface area contributed by atoms with Crippen LogP contribution in [0.3, 0.4) is 0 Å². The number of nitrogens with zero attached hydrogens (tertiary/aromatic N) is 2. The van der Waals surface area contributed by atoms with E-state index in [-0.39, 0.29) is 11.7 Å². The smallest absolute Gasteiger partial charge is 0.227 e. The SMILES string of the molecule is O=C(CN1CCN(C(=O)Cc2ccc(Cl)cc2)CC1)c1ccc(Cl)cc1. The predicted octanol–water partition coefficient (Wildman–Crippen LogP) is 3.56. The lowest BCUT2D eigenvalue weighted by Gasteiger charge is -2.34. The maximum atomic E-state index is 12.4. The first-order valence-electron chi connectivity index (χ1n) is 8.54. The molecule has 0 atom stereocenters. The second kappa shape index (κ2) is 8.67. The maximum Gasteiger partial charge on any atom is 0.227 e. The third-order valence-corrected chi connectivity index (χ3v) is 5.03. The van der Waals surface area contributed by atoms with Crippen LogP contribution < -0.4 is 0 Å². The molecule has 1 aliphatic heterocycles. The number of rotatable bonds is 5. The minimum atomic E-state index is 0.0719. The van der Waals surface area contributed by atoms with Crippen LogP contribution in [-0.2, 0) is 11.2 Å². The van der Waals surface area contributed by atoms with Crippen molar-refractivity contribution in [2.45, 2.75) is 6.42 Å². The third-order valence-electron chi connectivity index (χ3n) is 4.53. The Morgan fingerprint density at radius 2 is 1.35 bits per heavy atom. The number of Topliss-reactive ketones (excluding diaryl/α,β-unsaturated/α-hetero) is 1. The van der Waals surface area contributed by atoms with Gasteiger partial charge in [0, 0.05) is 41.8 Å². The Hall–Kier alpha value is -1.88. The molecule has 1 heterocycles. The third kappa shape index (κ3) is 5.07. The Labute approximate surface area is 163 Å². The lowest BCUT2D eigenvalue weighted by Crippen LogP contribution is -2.50. The van der Waals surface area contributed by atoms with E-state index < -0.39 is 0 Å². The largest absolute Gasteiger partial charge is 0.340 e. The standard InChI is InChI=1S/C20H20Cl2N2O2/c21-17-5-1-15(2-6-17)13-20(26)24-11-9-23(10-12-24)14-19(25)16-3-7-18(22)8-4-16/h1-8H,9-14H2. The van der Waals surface area contributed by atoms with E-state index >= 15 is 0 Å². The summed E-state index contributed by atoms with van der Waals surface area (Å²) < 4.78 is 0. The number of carbonyl (C=O) groups excluding carboxylic acids is 2. The Bertz CT molecular complexity index is 767. The summed E-state index contributed by atoms with van der Waals surface area (Å²) >= 11 is 11.7. The molecule has 0 bridgehead atoms. The highest BCUT2D eigenvalue weighted by atomic mass is 35.5. The molecule has 4 nitrogen and oxygen atoms in total. The zero-order chi connectivity index (χ0) is 18.5. The van der Waals surface area contributed by atoms with Crippen LogP contribution in [0.4, 0.5) is 0 Å². The van der Waals surface area contributed by atoms with Gasteiger partial charge in [-0.05, 0) is 42.0 Å². The maximum absolute atomic E-state index is 12.4. The average Bonchev–Trinajstić information content (AvgIpc) is 2.64. The van der Waals surface area contributed by atoms with Crippen LogP contribution in [0, 0.1) is 0 Å². The molecule has 1 fully saturated rings. The minimum absolute atomic E-state index is 0.0719. The van der Waals surface area contributed by atoms with E-state index in [0.717, 1.165) is 5.56 Å². The summed E-state index contributed by atoms with van der Waals surface area (Å²) in [6.45, 7) is 3.04. The van der Waals surface area contributed by atoms with E-state index in [1.807, 2.05) is 17.0 Å². The van der Waals surface area contributed by atoms with Gasteiger partial charge in [-0.1, -0.05) is 35.3 Å². The number of hydrogen-bond donors (Lipinski definition) is 0. The van der Waals surface area contributed by atoms with Crippen LogP contribution >= 0.6 is 23.2 Å². The van der Waals surface area contributed by atoms with Gasteiger partial charge >= 0.3 is 0 Å². The fraction of sp³-hybridized carbons (Fsp3) is 0.300. The molecule has 2 aromatic rings. The summed E-state index contributed by atoms with van der Waals surface area (Å²) in [4.78, 5) is 28.7. The van der Waals surface area contributed by atoms with E-state index in [2.05, 4.69) is 4.90 Å². The summed E-state index contributed by atoms with van der Waals surface area (Å²) in [7, 11) is 0. The highest BCUT2D eigenvalue weighted by molar-refractivity contribution is 6.30. The second-order valence-corrected chi connectivity index (χ2v) is 7.26. The van der Waals surface area contributed by atoms with Crippen LogP contribution in [0.5, 0.6) is 0 Å². The molecule has 26 heavy (non-hydrogen) atoms. The van der Waals surface area contributed by atoms with E-state index in [9.17, 15) is 9.59 Å². The fourth-order valence-electron chi connectivity index (χ4n) is 2.97. The second-order valence-electron chi connectivity index (χ2n) is 6.39. The minimum Gasteiger partial charge on any atom is -0.340 e. The molecule has 1 amide bonds. The van der Waals surface area contributed by atoms with Crippen molar-refractivity contribution < 1.29 is 9.59 Å². The van der Waals surface area contributed by atoms with Gasteiger partial charge < -0.3 is 4.90 Å². The quantitative estimate of drug-likeness (QED) is 0.732. The highest BCUT2D eigenvalue weighted by Crippen LogP contribution is 2.13. The topological polar surface area (TPSA) is 40.6 Å². The van der Waals surface area contributed by atoms with Crippen LogP contribution in [-0.4, -0.2) is 54.2 Å². The highest BCUT2D eigenvalue weighted by Gasteiger charge is 2.22. The summed E-state index contributed by atoms with van der Waals surface area (Å²) in [6, 6.07) is 14.3. The number of amides is 1. The lowest BCUT2D eigenvalue weighted by molar-refractivity contribution is -0.132. The van der Waals surface area contributed by atoms with Crippen molar-refractivity contribution in [1.29, 1.82) is 0 Å². The molecule has 0 aliphatic carbocycles. The van der Waals surface area contributed by atoms with Gasteiger partial charge in [-0.3, -0.25) is 14.5 Å². The number of carbonyl (C=O) groups is 2. The van der Waals surface area contributed by atoms with Crippen LogP contribution in [0.1, 0.15) is 15.9 Å². The van der Waals surface area contributed by atoms with Gasteiger partial charge in [0.1, 0.15) is 0 Å². The molecule has 3 rings (SSSR count). The number of piperazine rings is 1. The number of benzene rings is 2. The molecule has 1 aliphatic rings. The molecule has 2 aromatic carbocycles. The molecule has 0 unspecified atom stereocenters. The van der Waals surface area contributed by atoms with Crippen molar-refractivity contribution >= 4 is 34.9 Å². The van der Waals surface area contributed by atoms with Crippen LogP contribution in [0.2, 0.25) is 10.0 Å². The van der Waals surface area contributed by atoms with Crippen molar-refractivity contribution in [3.8, 4) is 0 Å². The Kier molecular flexibility index (Phi) is 6.30. The first-order chi connectivity index (χ1) is 12.5. The number of ketones is 1. The molecular formula is C20H20Cl2N2O2. The van der Waals surface area contributed by atoms with Crippen molar-refractivity contribution in [1.82, 2.24) is 9.80 Å². The van der Waals surface area contributed by atoms with Crippen molar-refractivity contribution in [2.24, 2.45) is 0 Å². The van der Waals surface area contributed by atoms with Crippen LogP contribution in [0.25, 0.3) is 0 Å². The van der Waals surface area contributed by atoms with Crippen molar-refractivity contribution in [2.75, 3.05) is 32.7 Å². The summed E-state index contributed by atoms with van der Waals surface area (Å²) in [5, 5.41) is 1.29. The number of halogens is 2. The van der Waals surface area contributed by atoms with Crippen molar-refractivity contribution in [3.63, 3.8) is 0 Å². The van der Waals surface area contributed by atoms with E-state index in [4.69, 9.17) is 23.2 Å². The van der Waals surface area contributed by atoms with Gasteiger partial charge in [0.05, 0.1) is 13.0 Å². The summed E-state index contributed by atoms with van der Waals surface area (Å²) in [5.41, 5.74) is 1.62. The van der Waals surface area contributed by atoms with E-state index in [0.29, 0.717) is 54.8 Å². The van der Waals surface area contributed by atoms with Gasteiger partial charge in [0.25, 0.3) is 0 Å². The molecule has 0 N–H and O–H groups in total. The number of hydrogen-bond acceptors (Lipinski definition) is 3. The first kappa shape index (κ1) is 18.9. The Morgan fingerprint density at radius 1 is 0.808 bits per heavy atom. The first-order valence-corrected chi connectivity index (χ1v) is 9.30. The molecule has 0 spiro atoms. The van der Waals surface area contributed by atoms with Gasteiger partial charge in [0.2, 0.25) is 5.91 Å². The van der Waals surface area contributed by atoms with Crippen molar-refractivity contribution in [3.05, 3.63) is 69.7 Å². The Balaban J connectivity index is 1.47. The predicted molar refractivity (Wildman–Crippen MR) is 104 cm³/mol. The van der Waals surface area contributed by atoms with E-state index in [1.165, 1.54) is 0 Å². The lowest BCUT2D eigenvalue weighted by atomic mass is 10.1. The average molecular weight is 391 g/mol. The zero-order valence-electron chi connectivity index (χ0n) is 14.3. The van der Waals surface area contributed by atoms with Gasteiger partial charge in [-0.25, -0.2) is 0 Å². The molecule has 136 valence electrons. The molecule has 1 saturated heterocycles. The normalized spacial score (nSPS) is 15.1. The van der Waals surface area contributed by atoms with Gasteiger partial charge in [0.15, 0.2) is 5.78 Å². The Morgan fingerprint density at radius 3 is 1.92 bits per heavy atom. The van der Waals surface area contributed by atoms with Gasteiger partial charge in [-0.2, -0.15) is 0 Å². The molecular weight excluding hydrogens is 371 g/mol. The monoisotopic (exact) mass is 390 g/mol. The fourth-order valence-corrected chi connectivity index (χ4v) is 3.23. The summed E-state index contributed by atoms with van der Waals surface area (Å²) in [5.74, 6) is 0.179. The summed E-state index contributed by atoms with van der Waals surface area (Å²) in [6.07, 6.45) is 0.376. The molecule has 0 aromatic heterocycles. The molecule has 0 radical (unpaired) electrons. The molecule has 6 heteroatoms. The van der Waals surface area contributed by atoms with E-state index in [1.54, 1.807) is 36.4 Å². The molecule has 0 saturated carbocycles. The van der Waals surface area contributed by atoms with Crippen LogP contribution in [0.15, 0.2) is 48.5 Å². The van der Waals surface area contributed by atoms with Gasteiger partial charge in [-0.15, -0.1) is 0 Å².